The highest BCUT2D eigenvalue weighted by Crippen LogP contribution is 2.43. The molecule has 4 atom stereocenters. The third-order valence-corrected chi connectivity index (χ3v) is 10.9. The number of benzene rings is 2. The largest absolute Gasteiger partial charge is 0.387 e. The van der Waals surface area contributed by atoms with Crippen LogP contribution in [-0.4, -0.2) is 99.7 Å². The Hall–Kier alpha value is -4.72. The Balaban J connectivity index is 0.942. The third kappa shape index (κ3) is 6.92. The number of imide groups is 2. The second kappa shape index (κ2) is 15.1. The van der Waals surface area contributed by atoms with Crippen molar-refractivity contribution in [2.45, 2.75) is 69.4 Å². The Morgan fingerprint density at radius 1 is 1.02 bits per heavy atom. The molecule has 272 valence electrons. The predicted molar refractivity (Wildman–Crippen MR) is 192 cm³/mol. The summed E-state index contributed by atoms with van der Waals surface area (Å²) < 4.78 is 0. The number of piperazine rings is 1. The van der Waals surface area contributed by atoms with Crippen molar-refractivity contribution in [2.75, 3.05) is 44.2 Å². The van der Waals surface area contributed by atoms with Crippen molar-refractivity contribution in [3.8, 4) is 0 Å². The number of aliphatic hydroxyl groups excluding tert-OH is 1. The molecule has 13 nitrogen and oxygen atoms in total. The average molecular weight is 728 g/mol. The molecule has 3 aromatic rings. The van der Waals surface area contributed by atoms with Crippen molar-refractivity contribution < 1.29 is 29.1 Å². The van der Waals surface area contributed by atoms with E-state index in [9.17, 15) is 29.1 Å². The van der Waals surface area contributed by atoms with Crippen molar-refractivity contribution in [3.05, 3.63) is 87.3 Å². The SMILES string of the molecule is C[C@@H]1C[C@@H](O)c2ncnc(N3CCN(C(=O)C(CNCCCCc4cccc5c4C(=O)N(C4CCC(=O)NC4=O)C5=O)c4ccc(Cl)cc4)CC3)c21. The van der Waals surface area contributed by atoms with E-state index in [4.69, 9.17) is 11.6 Å². The summed E-state index contributed by atoms with van der Waals surface area (Å²) in [5, 5.41) is 16.7. The highest BCUT2D eigenvalue weighted by molar-refractivity contribution is 6.30. The van der Waals surface area contributed by atoms with Crippen LogP contribution < -0.4 is 15.5 Å². The minimum atomic E-state index is -1.000. The van der Waals surface area contributed by atoms with Crippen LogP contribution in [-0.2, 0) is 20.8 Å². The van der Waals surface area contributed by atoms with E-state index in [1.165, 1.54) is 6.33 Å². The number of fused-ring (bicyclic) bond motifs is 2. The smallest absolute Gasteiger partial charge is 0.262 e. The van der Waals surface area contributed by atoms with Gasteiger partial charge in [-0.1, -0.05) is 42.8 Å². The number of unbranched alkanes of at least 4 members (excludes halogenated alkanes) is 1. The van der Waals surface area contributed by atoms with E-state index >= 15 is 0 Å². The topological polar surface area (TPSA) is 165 Å². The quantitative estimate of drug-likeness (QED) is 0.198. The maximum absolute atomic E-state index is 14.0. The number of nitrogens with one attached hydrogen (secondary N) is 2. The third-order valence-electron chi connectivity index (χ3n) is 10.7. The highest BCUT2D eigenvalue weighted by atomic mass is 35.5. The zero-order valence-electron chi connectivity index (χ0n) is 29.0. The zero-order chi connectivity index (χ0) is 36.5. The number of aromatic nitrogens is 2. The highest BCUT2D eigenvalue weighted by Gasteiger charge is 2.45. The maximum Gasteiger partial charge on any atom is 0.262 e. The monoisotopic (exact) mass is 727 g/mol. The average Bonchev–Trinajstić information content (AvgIpc) is 3.58. The minimum Gasteiger partial charge on any atom is -0.387 e. The van der Waals surface area contributed by atoms with Gasteiger partial charge in [-0.15, -0.1) is 0 Å². The van der Waals surface area contributed by atoms with Crippen LogP contribution in [0.4, 0.5) is 5.82 Å². The molecular formula is C38H42ClN7O6. The molecule has 5 amide bonds. The van der Waals surface area contributed by atoms with Gasteiger partial charge in [-0.3, -0.25) is 34.2 Å². The zero-order valence-corrected chi connectivity index (χ0v) is 29.8. The Morgan fingerprint density at radius 3 is 2.54 bits per heavy atom. The number of carbonyl (C=O) groups excluding carboxylic acids is 5. The number of aliphatic hydroxyl groups is 1. The normalized spacial score (nSPS) is 22.1. The molecule has 2 fully saturated rings. The summed E-state index contributed by atoms with van der Waals surface area (Å²) in [6.45, 7) is 5.50. The first-order chi connectivity index (χ1) is 25.1. The van der Waals surface area contributed by atoms with Crippen LogP contribution in [0.15, 0.2) is 48.8 Å². The predicted octanol–water partition coefficient (Wildman–Crippen LogP) is 3.12. The van der Waals surface area contributed by atoms with E-state index in [2.05, 4.69) is 32.4 Å². The van der Waals surface area contributed by atoms with Gasteiger partial charge in [-0.05, 0) is 73.9 Å². The van der Waals surface area contributed by atoms with Gasteiger partial charge in [0.25, 0.3) is 11.8 Å². The van der Waals surface area contributed by atoms with Crippen molar-refractivity contribution >= 4 is 47.0 Å². The lowest BCUT2D eigenvalue weighted by Gasteiger charge is -2.38. The first-order valence-corrected chi connectivity index (χ1v) is 18.4. The van der Waals surface area contributed by atoms with Crippen LogP contribution in [0.2, 0.25) is 5.02 Å². The summed E-state index contributed by atoms with van der Waals surface area (Å²) in [6, 6.07) is 11.6. The number of anilines is 1. The van der Waals surface area contributed by atoms with Gasteiger partial charge in [0.1, 0.15) is 18.2 Å². The molecular weight excluding hydrogens is 686 g/mol. The van der Waals surface area contributed by atoms with E-state index in [0.29, 0.717) is 68.4 Å². The van der Waals surface area contributed by atoms with E-state index in [1.54, 1.807) is 24.3 Å². The molecule has 7 rings (SSSR count). The van der Waals surface area contributed by atoms with Crippen molar-refractivity contribution in [2.24, 2.45) is 0 Å². The fraction of sp³-hybridized carbons (Fsp3) is 0.447. The van der Waals surface area contributed by atoms with Crippen LogP contribution >= 0.6 is 11.6 Å². The molecule has 2 aromatic carbocycles. The number of hydrogen-bond donors (Lipinski definition) is 3. The first-order valence-electron chi connectivity index (χ1n) is 18.0. The van der Waals surface area contributed by atoms with Gasteiger partial charge < -0.3 is 20.2 Å². The number of hydrogen-bond acceptors (Lipinski definition) is 10. The number of rotatable bonds is 11. The van der Waals surface area contributed by atoms with Crippen molar-refractivity contribution in [1.82, 2.24) is 30.4 Å². The lowest BCUT2D eigenvalue weighted by Crippen LogP contribution is -2.54. The number of aryl methyl sites for hydroxylation is 1. The van der Waals surface area contributed by atoms with Crippen LogP contribution in [0.1, 0.15) is 100 Å². The van der Waals surface area contributed by atoms with Gasteiger partial charge in [0, 0.05) is 49.7 Å². The maximum atomic E-state index is 14.0. The molecule has 0 saturated carbocycles. The Labute approximate surface area is 306 Å². The lowest BCUT2D eigenvalue weighted by atomic mass is 9.96. The molecule has 0 spiro atoms. The second-order valence-corrected chi connectivity index (χ2v) is 14.4. The van der Waals surface area contributed by atoms with E-state index in [1.807, 2.05) is 23.1 Å². The van der Waals surface area contributed by atoms with Gasteiger partial charge >= 0.3 is 0 Å². The second-order valence-electron chi connectivity index (χ2n) is 14.0. The lowest BCUT2D eigenvalue weighted by molar-refractivity contribution is -0.136. The molecule has 2 unspecified atom stereocenters. The molecule has 4 heterocycles. The summed E-state index contributed by atoms with van der Waals surface area (Å²) in [5.74, 6) is -1.41. The van der Waals surface area contributed by atoms with Gasteiger partial charge in [-0.2, -0.15) is 0 Å². The van der Waals surface area contributed by atoms with E-state index < -0.39 is 41.7 Å². The van der Waals surface area contributed by atoms with E-state index in [0.717, 1.165) is 40.2 Å². The molecule has 4 aliphatic rings. The van der Waals surface area contributed by atoms with E-state index in [-0.39, 0.29) is 30.2 Å². The molecule has 0 bridgehead atoms. The fourth-order valence-electron chi connectivity index (χ4n) is 7.96. The molecule has 52 heavy (non-hydrogen) atoms. The molecule has 3 N–H and O–H groups in total. The van der Waals surface area contributed by atoms with Gasteiger partial charge in [0.2, 0.25) is 17.7 Å². The molecule has 0 radical (unpaired) electrons. The van der Waals surface area contributed by atoms with Crippen LogP contribution in [0.5, 0.6) is 0 Å². The van der Waals surface area contributed by atoms with Gasteiger partial charge in [0.05, 0.1) is 28.8 Å². The summed E-state index contributed by atoms with van der Waals surface area (Å²) in [7, 11) is 0. The molecule has 3 aliphatic heterocycles. The fourth-order valence-corrected chi connectivity index (χ4v) is 8.09. The number of carbonyl (C=O) groups is 5. The first kappa shape index (κ1) is 35.7. The summed E-state index contributed by atoms with van der Waals surface area (Å²) in [4.78, 5) is 78.8. The number of piperidine rings is 1. The van der Waals surface area contributed by atoms with Crippen molar-refractivity contribution in [3.63, 3.8) is 0 Å². The Morgan fingerprint density at radius 2 is 1.79 bits per heavy atom. The number of halogens is 1. The summed E-state index contributed by atoms with van der Waals surface area (Å²) in [5.41, 5.74) is 3.95. The molecule has 14 heteroatoms. The summed E-state index contributed by atoms with van der Waals surface area (Å²) in [6.07, 6.45) is 3.81. The van der Waals surface area contributed by atoms with Crippen molar-refractivity contribution in [1.29, 1.82) is 0 Å². The molecule has 1 aromatic heterocycles. The van der Waals surface area contributed by atoms with Gasteiger partial charge in [0.15, 0.2) is 0 Å². The molecule has 1 aliphatic carbocycles. The standard InChI is InChI=1S/C38H42ClN7O6/c1-22-19-29(47)33-31(22)34(42-21-41-33)44-15-17-45(18-16-44)36(50)27(23-8-10-25(39)11-9-23)20-40-14-3-2-5-24-6-4-7-26-32(24)38(52)46(37(26)51)28-12-13-30(48)43-35(28)49/h4,6-11,21-22,27-29,40,47H,2-3,5,12-20H2,1H3,(H,43,48,49)/t22-,27?,28?,29-/m1/s1. The van der Waals surface area contributed by atoms with Crippen LogP contribution in [0.3, 0.4) is 0 Å². The number of nitrogens with zero attached hydrogens (tertiary/aromatic N) is 5. The minimum absolute atomic E-state index is 0.0368. The molecule has 2 saturated heterocycles. The van der Waals surface area contributed by atoms with Crippen LogP contribution in [0.25, 0.3) is 0 Å². The Kier molecular flexibility index (Phi) is 10.4. The summed E-state index contributed by atoms with van der Waals surface area (Å²) >= 11 is 6.19. The van der Waals surface area contributed by atoms with Crippen LogP contribution in [0, 0.1) is 0 Å². The number of amides is 5. The Bertz CT molecular complexity index is 1900. The van der Waals surface area contributed by atoms with Gasteiger partial charge in [-0.25, -0.2) is 9.97 Å².